The molecule has 0 amide bonds. The van der Waals surface area contributed by atoms with Crippen LogP contribution in [0.1, 0.15) is 5.69 Å². The van der Waals surface area contributed by atoms with Crippen molar-refractivity contribution in [3.8, 4) is 17.1 Å². The van der Waals surface area contributed by atoms with Gasteiger partial charge in [0, 0.05) is 5.56 Å². The van der Waals surface area contributed by atoms with Crippen molar-refractivity contribution in [3.05, 3.63) is 34.6 Å². The summed E-state index contributed by atoms with van der Waals surface area (Å²) in [6.45, 7) is 0. The topological polar surface area (TPSA) is 37.9 Å². The summed E-state index contributed by atoms with van der Waals surface area (Å²) in [4.78, 5) is 5.58. The molecule has 21 heavy (non-hydrogen) atoms. The summed E-state index contributed by atoms with van der Waals surface area (Å²) in [5.74, 6) is -0.629. The van der Waals surface area contributed by atoms with Crippen LogP contribution in [-0.4, -0.2) is 16.3 Å². The van der Waals surface area contributed by atoms with E-state index in [-0.39, 0.29) is 15.9 Å². The Hall–Kier alpha value is -1.71. The molecule has 0 spiro atoms. The predicted octanol–water partition coefficient (Wildman–Crippen LogP) is 4.76. The molecule has 0 aliphatic heterocycles. The Balaban J connectivity index is 2.30. The quantitative estimate of drug-likeness (QED) is 0.769. The number of imidazole rings is 1. The molecule has 114 valence electrons. The summed E-state index contributed by atoms with van der Waals surface area (Å²) in [5, 5.41) is 0. The number of nitrogens with one attached hydrogen (secondary N) is 1. The van der Waals surface area contributed by atoms with E-state index in [0.29, 0.717) is 6.20 Å². The van der Waals surface area contributed by atoms with E-state index < -0.39 is 24.0 Å². The van der Waals surface area contributed by atoms with Gasteiger partial charge in [-0.2, -0.15) is 13.2 Å². The number of ether oxygens (including phenoxy) is 1. The standard InChI is InChI=1S/C11H5BrF6N2O/c12-6-3-5(1-2-7(6)21-11(16,17)18)9-19-4-8(20-9)10(13,14)15/h1-4H,(H,19,20). The number of alkyl halides is 6. The summed E-state index contributed by atoms with van der Waals surface area (Å²) in [6.07, 6.45) is -8.84. The van der Waals surface area contributed by atoms with Gasteiger partial charge >= 0.3 is 12.5 Å². The van der Waals surface area contributed by atoms with Gasteiger partial charge in [-0.3, -0.25) is 0 Å². The van der Waals surface area contributed by atoms with Crippen molar-refractivity contribution in [2.24, 2.45) is 0 Å². The van der Waals surface area contributed by atoms with Gasteiger partial charge in [0.15, 0.2) is 0 Å². The summed E-state index contributed by atoms with van der Waals surface area (Å²) >= 11 is 2.85. The lowest BCUT2D eigenvalue weighted by molar-refractivity contribution is -0.274. The van der Waals surface area contributed by atoms with E-state index in [2.05, 4.69) is 25.7 Å². The summed E-state index contributed by atoms with van der Waals surface area (Å²) in [7, 11) is 0. The van der Waals surface area contributed by atoms with Gasteiger partial charge in [-0.25, -0.2) is 4.98 Å². The first-order valence-corrected chi connectivity index (χ1v) is 6.03. The van der Waals surface area contributed by atoms with Crippen LogP contribution >= 0.6 is 15.9 Å². The highest BCUT2D eigenvalue weighted by Crippen LogP contribution is 2.34. The Morgan fingerprint density at radius 3 is 2.24 bits per heavy atom. The van der Waals surface area contributed by atoms with Crippen molar-refractivity contribution in [1.82, 2.24) is 9.97 Å². The molecule has 0 saturated heterocycles. The molecule has 0 bridgehead atoms. The van der Waals surface area contributed by atoms with Crippen LogP contribution in [0.5, 0.6) is 5.75 Å². The number of aromatic amines is 1. The van der Waals surface area contributed by atoms with Crippen LogP contribution in [0.15, 0.2) is 28.9 Å². The van der Waals surface area contributed by atoms with E-state index in [1.807, 2.05) is 4.98 Å². The molecule has 1 heterocycles. The number of hydrogen-bond acceptors (Lipinski definition) is 2. The molecule has 2 aromatic rings. The fourth-order valence-electron chi connectivity index (χ4n) is 1.47. The largest absolute Gasteiger partial charge is 0.573 e. The Labute approximate surface area is 122 Å². The van der Waals surface area contributed by atoms with Crippen molar-refractivity contribution in [1.29, 1.82) is 0 Å². The Morgan fingerprint density at radius 2 is 1.76 bits per heavy atom. The van der Waals surface area contributed by atoms with Gasteiger partial charge in [-0.1, -0.05) is 0 Å². The maximum atomic E-state index is 12.4. The minimum Gasteiger partial charge on any atom is -0.405 e. The average molecular weight is 375 g/mol. The third-order valence-corrected chi connectivity index (χ3v) is 2.93. The van der Waals surface area contributed by atoms with E-state index >= 15 is 0 Å². The molecular formula is C11H5BrF6N2O. The molecule has 1 N–H and O–H groups in total. The minimum absolute atomic E-state index is 0.0673. The highest BCUT2D eigenvalue weighted by molar-refractivity contribution is 9.10. The second kappa shape index (κ2) is 5.24. The third kappa shape index (κ3) is 3.90. The molecule has 0 radical (unpaired) electrons. The van der Waals surface area contributed by atoms with E-state index in [1.54, 1.807) is 0 Å². The first-order chi connectivity index (χ1) is 9.56. The number of benzene rings is 1. The van der Waals surface area contributed by atoms with Gasteiger partial charge in [0.1, 0.15) is 17.3 Å². The van der Waals surface area contributed by atoms with Gasteiger partial charge in [0.05, 0.1) is 10.7 Å². The van der Waals surface area contributed by atoms with Crippen LogP contribution in [-0.2, 0) is 6.18 Å². The second-order valence-corrected chi connectivity index (χ2v) is 4.69. The number of nitrogens with zero attached hydrogens (tertiary/aromatic N) is 1. The maximum Gasteiger partial charge on any atom is 0.573 e. The molecule has 0 atom stereocenters. The number of hydrogen-bond donors (Lipinski definition) is 1. The second-order valence-electron chi connectivity index (χ2n) is 3.84. The number of halogens is 7. The van der Waals surface area contributed by atoms with Gasteiger partial charge in [-0.15, -0.1) is 13.2 Å². The molecular weight excluding hydrogens is 370 g/mol. The van der Waals surface area contributed by atoms with E-state index in [0.717, 1.165) is 12.1 Å². The average Bonchev–Trinajstić information content (AvgIpc) is 2.79. The van der Waals surface area contributed by atoms with Crippen LogP contribution < -0.4 is 4.74 Å². The zero-order chi connectivity index (χ0) is 15.8. The van der Waals surface area contributed by atoms with Crippen molar-refractivity contribution in [3.63, 3.8) is 0 Å². The SMILES string of the molecule is FC(F)(F)Oc1ccc(-c2ncc(C(F)(F)F)[nH]2)cc1Br. The minimum atomic E-state index is -4.86. The zero-order valence-electron chi connectivity index (χ0n) is 9.81. The summed E-state index contributed by atoms with van der Waals surface area (Å²) in [5.41, 5.74) is -0.879. The fraction of sp³-hybridized carbons (Fsp3) is 0.182. The molecule has 2 rings (SSSR count). The number of rotatable bonds is 2. The van der Waals surface area contributed by atoms with E-state index in [1.165, 1.54) is 6.07 Å². The monoisotopic (exact) mass is 374 g/mol. The molecule has 10 heteroatoms. The van der Waals surface area contributed by atoms with Gasteiger partial charge in [0.2, 0.25) is 0 Å². The number of aromatic nitrogens is 2. The van der Waals surface area contributed by atoms with Crippen LogP contribution in [0.25, 0.3) is 11.4 Å². The van der Waals surface area contributed by atoms with Crippen LogP contribution in [0.2, 0.25) is 0 Å². The molecule has 3 nitrogen and oxygen atoms in total. The normalized spacial score (nSPS) is 12.5. The highest BCUT2D eigenvalue weighted by atomic mass is 79.9. The summed E-state index contributed by atoms with van der Waals surface area (Å²) < 4.78 is 77.2. The molecule has 1 aromatic heterocycles. The van der Waals surface area contributed by atoms with Crippen molar-refractivity contribution < 1.29 is 31.1 Å². The Kier molecular flexibility index (Phi) is 3.91. The smallest absolute Gasteiger partial charge is 0.405 e. The predicted molar refractivity (Wildman–Crippen MR) is 63.4 cm³/mol. The number of H-pyrrole nitrogens is 1. The van der Waals surface area contributed by atoms with Crippen molar-refractivity contribution in [2.75, 3.05) is 0 Å². The zero-order valence-corrected chi connectivity index (χ0v) is 11.4. The molecule has 0 unspecified atom stereocenters. The molecule has 0 aliphatic carbocycles. The molecule has 0 aliphatic rings. The maximum absolute atomic E-state index is 12.4. The van der Waals surface area contributed by atoms with Crippen LogP contribution in [0.4, 0.5) is 26.3 Å². The lowest BCUT2D eigenvalue weighted by atomic mass is 10.2. The first-order valence-electron chi connectivity index (χ1n) is 5.24. The molecule has 0 saturated carbocycles. The highest BCUT2D eigenvalue weighted by Gasteiger charge is 2.33. The van der Waals surface area contributed by atoms with Crippen LogP contribution in [0.3, 0.4) is 0 Å². The van der Waals surface area contributed by atoms with Gasteiger partial charge < -0.3 is 9.72 Å². The molecule has 0 fully saturated rings. The third-order valence-electron chi connectivity index (χ3n) is 2.31. The Bertz CT molecular complexity index is 649. The van der Waals surface area contributed by atoms with E-state index in [9.17, 15) is 26.3 Å². The van der Waals surface area contributed by atoms with Gasteiger partial charge in [0.25, 0.3) is 0 Å². The lowest BCUT2D eigenvalue weighted by Gasteiger charge is -2.11. The van der Waals surface area contributed by atoms with Gasteiger partial charge in [-0.05, 0) is 34.1 Å². The lowest BCUT2D eigenvalue weighted by Crippen LogP contribution is -2.17. The van der Waals surface area contributed by atoms with Crippen molar-refractivity contribution >= 4 is 15.9 Å². The fourth-order valence-corrected chi connectivity index (χ4v) is 1.93. The van der Waals surface area contributed by atoms with Crippen molar-refractivity contribution in [2.45, 2.75) is 12.5 Å². The van der Waals surface area contributed by atoms with E-state index in [4.69, 9.17) is 0 Å². The molecule has 1 aromatic carbocycles. The Morgan fingerprint density at radius 1 is 1.10 bits per heavy atom. The summed E-state index contributed by atoms with van der Waals surface area (Å²) in [6, 6.07) is 3.30. The van der Waals surface area contributed by atoms with Crippen LogP contribution in [0, 0.1) is 0 Å². The first kappa shape index (κ1) is 15.7.